The van der Waals surface area contributed by atoms with Crippen molar-refractivity contribution in [3.8, 4) is 0 Å². The van der Waals surface area contributed by atoms with Crippen LogP contribution in [0, 0.1) is 5.92 Å². The van der Waals surface area contributed by atoms with Crippen molar-refractivity contribution in [1.82, 2.24) is 4.90 Å². The summed E-state index contributed by atoms with van der Waals surface area (Å²) in [6.45, 7) is 2.62. The number of thiophene rings is 1. The van der Waals surface area contributed by atoms with E-state index >= 15 is 0 Å². The van der Waals surface area contributed by atoms with Crippen molar-refractivity contribution in [3.63, 3.8) is 0 Å². The number of likely N-dealkylation sites (tertiary alicyclic amines) is 1. The number of nitrogens with zero attached hydrogens (tertiary/aromatic N) is 1. The monoisotopic (exact) mass is 267 g/mol. The van der Waals surface area contributed by atoms with E-state index in [1.165, 1.54) is 16.2 Å². The highest BCUT2D eigenvalue weighted by Crippen LogP contribution is 2.27. The molecule has 1 N–H and O–H groups in total. The Balaban J connectivity index is 2.16. The summed E-state index contributed by atoms with van der Waals surface area (Å²) >= 11 is 1.36. The summed E-state index contributed by atoms with van der Waals surface area (Å²) < 4.78 is 0. The Morgan fingerprint density at radius 1 is 1.56 bits per heavy atom. The van der Waals surface area contributed by atoms with Gasteiger partial charge in [-0.3, -0.25) is 4.79 Å². The van der Waals surface area contributed by atoms with Gasteiger partial charge in [0.2, 0.25) is 0 Å². The van der Waals surface area contributed by atoms with Gasteiger partial charge in [0, 0.05) is 6.54 Å². The Labute approximate surface area is 110 Å². The first-order chi connectivity index (χ1) is 8.63. The molecule has 18 heavy (non-hydrogen) atoms. The van der Waals surface area contributed by atoms with Crippen molar-refractivity contribution >= 4 is 23.2 Å². The van der Waals surface area contributed by atoms with Crippen LogP contribution in [0.2, 0.25) is 0 Å². The zero-order valence-electron chi connectivity index (χ0n) is 10.3. The Kier molecular flexibility index (Phi) is 4.01. The van der Waals surface area contributed by atoms with Crippen LogP contribution >= 0.6 is 11.3 Å². The second kappa shape index (κ2) is 5.52. The summed E-state index contributed by atoms with van der Waals surface area (Å²) in [6.07, 6.45) is 2.45. The number of carbonyl (C=O) groups excluding carboxylic acids is 1. The first-order valence-corrected chi connectivity index (χ1v) is 7.08. The van der Waals surface area contributed by atoms with Crippen molar-refractivity contribution in [2.45, 2.75) is 32.2 Å². The van der Waals surface area contributed by atoms with Crippen molar-refractivity contribution in [2.75, 3.05) is 6.54 Å². The fraction of sp³-hybridized carbons (Fsp3) is 0.538. The number of carbonyl (C=O) groups is 2. The van der Waals surface area contributed by atoms with Gasteiger partial charge in [-0.25, -0.2) is 4.79 Å². The molecule has 98 valence electrons. The number of rotatable bonds is 3. The molecule has 1 amide bonds. The first-order valence-electron chi connectivity index (χ1n) is 6.20. The van der Waals surface area contributed by atoms with Crippen LogP contribution in [0.4, 0.5) is 0 Å². The smallest absolute Gasteiger partial charge is 0.326 e. The second-order valence-corrected chi connectivity index (χ2v) is 5.58. The molecule has 0 radical (unpaired) electrons. The number of amides is 1. The minimum Gasteiger partial charge on any atom is -0.480 e. The van der Waals surface area contributed by atoms with Gasteiger partial charge < -0.3 is 10.0 Å². The van der Waals surface area contributed by atoms with Gasteiger partial charge in [-0.05, 0) is 30.2 Å². The van der Waals surface area contributed by atoms with E-state index in [2.05, 4.69) is 6.92 Å². The lowest BCUT2D eigenvalue weighted by Crippen LogP contribution is -2.49. The molecule has 2 unspecified atom stereocenters. The largest absolute Gasteiger partial charge is 0.480 e. The van der Waals surface area contributed by atoms with E-state index in [1.807, 2.05) is 11.4 Å². The maximum Gasteiger partial charge on any atom is 0.326 e. The quantitative estimate of drug-likeness (QED) is 0.915. The Bertz CT molecular complexity index is 429. The lowest BCUT2D eigenvalue weighted by Gasteiger charge is -2.36. The van der Waals surface area contributed by atoms with Crippen molar-refractivity contribution in [3.05, 3.63) is 22.4 Å². The van der Waals surface area contributed by atoms with Gasteiger partial charge >= 0.3 is 5.97 Å². The number of carboxylic acids is 1. The average Bonchev–Trinajstić information content (AvgIpc) is 2.91. The molecule has 2 heterocycles. The van der Waals surface area contributed by atoms with Gasteiger partial charge in [0.25, 0.3) is 5.91 Å². The molecule has 0 saturated carbocycles. The molecule has 4 nitrogen and oxygen atoms in total. The molecule has 0 aromatic carbocycles. The van der Waals surface area contributed by atoms with Crippen LogP contribution in [-0.4, -0.2) is 34.5 Å². The summed E-state index contributed by atoms with van der Waals surface area (Å²) in [5.41, 5.74) is 0. The average molecular weight is 267 g/mol. The van der Waals surface area contributed by atoms with Crippen LogP contribution in [0.1, 0.15) is 35.9 Å². The zero-order valence-corrected chi connectivity index (χ0v) is 11.2. The van der Waals surface area contributed by atoms with E-state index in [9.17, 15) is 14.7 Å². The molecule has 1 saturated heterocycles. The highest BCUT2D eigenvalue weighted by molar-refractivity contribution is 7.12. The normalized spacial score (nSPS) is 23.9. The third-order valence-electron chi connectivity index (χ3n) is 3.57. The third-order valence-corrected chi connectivity index (χ3v) is 4.42. The first kappa shape index (κ1) is 13.1. The molecule has 1 aliphatic heterocycles. The van der Waals surface area contributed by atoms with Crippen LogP contribution in [0.3, 0.4) is 0 Å². The van der Waals surface area contributed by atoms with Crippen molar-refractivity contribution in [1.29, 1.82) is 0 Å². The molecule has 1 aromatic heterocycles. The van der Waals surface area contributed by atoms with Gasteiger partial charge in [0.1, 0.15) is 6.04 Å². The molecule has 1 aliphatic rings. The lowest BCUT2D eigenvalue weighted by atomic mass is 9.89. The Morgan fingerprint density at radius 2 is 2.33 bits per heavy atom. The molecule has 2 atom stereocenters. The second-order valence-electron chi connectivity index (χ2n) is 4.63. The van der Waals surface area contributed by atoms with Gasteiger partial charge in [0.05, 0.1) is 4.88 Å². The van der Waals surface area contributed by atoms with Crippen LogP contribution in [-0.2, 0) is 4.79 Å². The standard InChI is InChI=1S/C13H17NO3S/c1-2-9-5-6-14(10(8-9)13(16)17)12(15)11-4-3-7-18-11/h3-4,7,9-10H,2,5-6,8H2,1H3,(H,16,17). The molecule has 1 aromatic rings. The summed E-state index contributed by atoms with van der Waals surface area (Å²) in [5, 5.41) is 11.1. The van der Waals surface area contributed by atoms with Gasteiger partial charge in [-0.15, -0.1) is 11.3 Å². The topological polar surface area (TPSA) is 57.6 Å². The molecule has 0 bridgehead atoms. The van der Waals surface area contributed by atoms with Crippen LogP contribution in [0.25, 0.3) is 0 Å². The predicted octanol–water partition coefficient (Wildman–Crippen LogP) is 2.46. The minimum absolute atomic E-state index is 0.146. The number of aliphatic carboxylic acids is 1. The molecule has 2 rings (SSSR count). The SMILES string of the molecule is CCC1CCN(C(=O)c2cccs2)C(C(=O)O)C1. The number of hydrogen-bond acceptors (Lipinski definition) is 3. The van der Waals surface area contributed by atoms with E-state index in [0.717, 1.165) is 12.8 Å². The van der Waals surface area contributed by atoms with E-state index in [4.69, 9.17) is 0 Å². The summed E-state index contributed by atoms with van der Waals surface area (Å²) in [7, 11) is 0. The maximum atomic E-state index is 12.2. The number of piperidine rings is 1. The predicted molar refractivity (Wildman–Crippen MR) is 69.8 cm³/mol. The maximum absolute atomic E-state index is 12.2. The molecule has 1 fully saturated rings. The highest BCUT2D eigenvalue weighted by Gasteiger charge is 2.36. The van der Waals surface area contributed by atoms with Gasteiger partial charge in [-0.1, -0.05) is 19.4 Å². The lowest BCUT2D eigenvalue weighted by molar-refractivity contribution is -0.144. The van der Waals surface area contributed by atoms with Gasteiger partial charge in [0.15, 0.2) is 0 Å². The van der Waals surface area contributed by atoms with Crippen molar-refractivity contribution < 1.29 is 14.7 Å². The van der Waals surface area contributed by atoms with Crippen LogP contribution < -0.4 is 0 Å². The summed E-state index contributed by atoms with van der Waals surface area (Å²) in [4.78, 5) is 25.7. The number of carboxylic acid groups (broad SMARTS) is 1. The Hall–Kier alpha value is -1.36. The van der Waals surface area contributed by atoms with Gasteiger partial charge in [-0.2, -0.15) is 0 Å². The minimum atomic E-state index is -0.891. The van der Waals surface area contributed by atoms with Crippen molar-refractivity contribution in [2.24, 2.45) is 5.92 Å². The zero-order chi connectivity index (χ0) is 13.1. The van der Waals surface area contributed by atoms with E-state index in [1.54, 1.807) is 6.07 Å². The van der Waals surface area contributed by atoms with Crippen LogP contribution in [0.15, 0.2) is 17.5 Å². The molecular weight excluding hydrogens is 250 g/mol. The molecular formula is C13H17NO3S. The highest BCUT2D eigenvalue weighted by atomic mass is 32.1. The molecule has 0 aliphatic carbocycles. The fourth-order valence-electron chi connectivity index (χ4n) is 2.43. The number of hydrogen-bond donors (Lipinski definition) is 1. The summed E-state index contributed by atoms with van der Waals surface area (Å²) in [6, 6.07) is 2.89. The third kappa shape index (κ3) is 2.56. The van der Waals surface area contributed by atoms with E-state index < -0.39 is 12.0 Å². The summed E-state index contributed by atoms with van der Waals surface area (Å²) in [5.74, 6) is -0.622. The Morgan fingerprint density at radius 3 is 2.89 bits per heavy atom. The van der Waals surface area contributed by atoms with Crippen LogP contribution in [0.5, 0.6) is 0 Å². The molecule has 5 heteroatoms. The fourth-order valence-corrected chi connectivity index (χ4v) is 3.11. The molecule has 0 spiro atoms. The van der Waals surface area contributed by atoms with E-state index in [-0.39, 0.29) is 5.91 Å². The van der Waals surface area contributed by atoms with E-state index in [0.29, 0.717) is 23.8 Å².